The number of nitrogens with zero attached hydrogens (tertiary/aromatic N) is 4. The highest BCUT2D eigenvalue weighted by Crippen LogP contribution is 2.43. The fourth-order valence-electron chi connectivity index (χ4n) is 4.95. The lowest BCUT2D eigenvalue weighted by molar-refractivity contribution is -0.134. The lowest BCUT2D eigenvalue weighted by atomic mass is 9.81. The summed E-state index contributed by atoms with van der Waals surface area (Å²) >= 11 is 0. The van der Waals surface area contributed by atoms with E-state index in [1.54, 1.807) is 6.20 Å². The van der Waals surface area contributed by atoms with Gasteiger partial charge >= 0.3 is 0 Å². The van der Waals surface area contributed by atoms with Crippen molar-refractivity contribution < 1.29 is 4.79 Å². The summed E-state index contributed by atoms with van der Waals surface area (Å²) < 4.78 is 1.99. The summed E-state index contributed by atoms with van der Waals surface area (Å²) in [6.45, 7) is 5.33. The van der Waals surface area contributed by atoms with Crippen molar-refractivity contribution in [2.45, 2.75) is 50.6 Å². The van der Waals surface area contributed by atoms with Gasteiger partial charge in [0.1, 0.15) is 12.4 Å². The third-order valence-corrected chi connectivity index (χ3v) is 6.67. The van der Waals surface area contributed by atoms with Crippen LogP contribution in [0.2, 0.25) is 0 Å². The molecule has 0 N–H and O–H groups in total. The molecule has 1 spiro atoms. The van der Waals surface area contributed by atoms with Crippen LogP contribution in [0, 0.1) is 0 Å². The van der Waals surface area contributed by atoms with Gasteiger partial charge in [-0.25, -0.2) is 4.98 Å². The summed E-state index contributed by atoms with van der Waals surface area (Å²) in [6, 6.07) is 10.9. The minimum Gasteiger partial charge on any atom is -0.341 e. The quantitative estimate of drug-likeness (QED) is 0.835. The molecule has 5 nitrogen and oxygen atoms in total. The fourth-order valence-corrected chi connectivity index (χ4v) is 4.95. The van der Waals surface area contributed by atoms with E-state index in [1.807, 2.05) is 15.7 Å². The van der Waals surface area contributed by atoms with Crippen molar-refractivity contribution in [1.29, 1.82) is 0 Å². The van der Waals surface area contributed by atoms with E-state index in [2.05, 4.69) is 54.2 Å². The zero-order valence-corrected chi connectivity index (χ0v) is 16.5. The molecule has 3 heterocycles. The van der Waals surface area contributed by atoms with Gasteiger partial charge in [-0.05, 0) is 37.8 Å². The van der Waals surface area contributed by atoms with Crippen LogP contribution in [0.25, 0.3) is 0 Å². The Bertz CT molecular complexity index is 777. The Balaban J connectivity index is 1.37. The van der Waals surface area contributed by atoms with Crippen LogP contribution in [0.1, 0.15) is 43.5 Å². The number of hydrogen-bond donors (Lipinski definition) is 0. The molecule has 2 fully saturated rings. The molecule has 2 aliphatic rings. The van der Waals surface area contributed by atoms with Gasteiger partial charge in [-0.2, -0.15) is 0 Å². The van der Waals surface area contributed by atoms with Crippen LogP contribution in [0.5, 0.6) is 0 Å². The standard InChI is InChI=1S/C22H30N4O/c1-3-20-23-11-14-26(20)17-21(27)25-12-9-22(10-13-25)15-19(16-24(22)2)18-7-5-4-6-8-18/h4-8,11,14,19H,3,9-10,12-13,15-17H2,1-2H3/t19-/m1/s1. The predicted octanol–water partition coefficient (Wildman–Crippen LogP) is 2.93. The maximum absolute atomic E-state index is 12.8. The van der Waals surface area contributed by atoms with Gasteiger partial charge in [0.2, 0.25) is 5.91 Å². The molecule has 1 aromatic carbocycles. The zero-order chi connectivity index (χ0) is 18.9. The molecule has 1 amide bonds. The first-order valence-electron chi connectivity index (χ1n) is 10.2. The summed E-state index contributed by atoms with van der Waals surface area (Å²) in [5.74, 6) is 1.81. The number of carbonyl (C=O) groups is 1. The third-order valence-electron chi connectivity index (χ3n) is 6.67. The van der Waals surface area contributed by atoms with Crippen molar-refractivity contribution >= 4 is 5.91 Å². The largest absolute Gasteiger partial charge is 0.341 e. The number of likely N-dealkylation sites (N-methyl/N-ethyl adjacent to an activating group) is 1. The van der Waals surface area contributed by atoms with E-state index in [4.69, 9.17) is 0 Å². The first-order valence-corrected chi connectivity index (χ1v) is 10.2. The van der Waals surface area contributed by atoms with Gasteiger partial charge in [0.15, 0.2) is 0 Å². The van der Waals surface area contributed by atoms with Gasteiger partial charge in [-0.1, -0.05) is 37.3 Å². The van der Waals surface area contributed by atoms with Gasteiger partial charge in [0.05, 0.1) is 0 Å². The minimum absolute atomic E-state index is 0.220. The highest BCUT2D eigenvalue weighted by atomic mass is 16.2. The first-order chi connectivity index (χ1) is 13.1. The molecule has 27 heavy (non-hydrogen) atoms. The average Bonchev–Trinajstić information content (AvgIpc) is 3.27. The molecule has 0 saturated carbocycles. The Kier molecular flexibility index (Phi) is 5.04. The van der Waals surface area contributed by atoms with E-state index in [-0.39, 0.29) is 11.4 Å². The number of amides is 1. The van der Waals surface area contributed by atoms with Crippen LogP contribution < -0.4 is 0 Å². The minimum atomic E-state index is 0.220. The van der Waals surface area contributed by atoms with Gasteiger partial charge in [0.25, 0.3) is 0 Å². The number of aryl methyl sites for hydroxylation is 1. The number of rotatable bonds is 4. The van der Waals surface area contributed by atoms with E-state index < -0.39 is 0 Å². The van der Waals surface area contributed by atoms with Gasteiger partial charge in [-0.15, -0.1) is 0 Å². The molecule has 5 heteroatoms. The van der Waals surface area contributed by atoms with Gasteiger partial charge in [0, 0.05) is 44.0 Å². The Morgan fingerprint density at radius 1 is 1.22 bits per heavy atom. The summed E-state index contributed by atoms with van der Waals surface area (Å²) in [5.41, 5.74) is 1.70. The number of hydrogen-bond acceptors (Lipinski definition) is 3. The van der Waals surface area contributed by atoms with E-state index >= 15 is 0 Å². The molecule has 0 radical (unpaired) electrons. The second kappa shape index (κ2) is 7.47. The second-order valence-electron chi connectivity index (χ2n) is 8.12. The zero-order valence-electron chi connectivity index (χ0n) is 16.5. The Labute approximate surface area is 162 Å². The molecular formula is C22H30N4O. The molecule has 2 saturated heterocycles. The molecule has 4 rings (SSSR count). The molecule has 2 aliphatic heterocycles. The normalized spacial score (nSPS) is 22.4. The number of benzene rings is 1. The van der Waals surface area contributed by atoms with Crippen LogP contribution in [0.4, 0.5) is 0 Å². The fraction of sp³-hybridized carbons (Fsp3) is 0.545. The number of carbonyl (C=O) groups excluding carboxylic acids is 1. The van der Waals surface area contributed by atoms with E-state index in [9.17, 15) is 4.79 Å². The van der Waals surface area contributed by atoms with Crippen LogP contribution in [-0.2, 0) is 17.8 Å². The van der Waals surface area contributed by atoms with E-state index in [0.717, 1.165) is 44.7 Å². The SMILES string of the molecule is CCc1nccn1CC(=O)N1CCC2(CC1)C[C@@H](c1ccccc1)CN2C. The van der Waals surface area contributed by atoms with Crippen LogP contribution in [-0.4, -0.2) is 57.5 Å². The van der Waals surface area contributed by atoms with Crippen molar-refractivity contribution in [3.63, 3.8) is 0 Å². The number of imidazole rings is 1. The van der Waals surface area contributed by atoms with Crippen molar-refractivity contribution in [2.75, 3.05) is 26.7 Å². The average molecular weight is 367 g/mol. The summed E-state index contributed by atoms with van der Waals surface area (Å²) in [6.07, 6.45) is 7.91. The smallest absolute Gasteiger partial charge is 0.242 e. The van der Waals surface area contributed by atoms with Crippen molar-refractivity contribution in [1.82, 2.24) is 19.4 Å². The lowest BCUT2D eigenvalue weighted by Crippen LogP contribution is -2.52. The Morgan fingerprint density at radius 3 is 2.67 bits per heavy atom. The predicted molar refractivity (Wildman–Crippen MR) is 107 cm³/mol. The molecule has 1 atom stereocenters. The molecule has 0 aliphatic carbocycles. The van der Waals surface area contributed by atoms with Gasteiger partial charge in [-0.3, -0.25) is 9.69 Å². The second-order valence-corrected chi connectivity index (χ2v) is 8.12. The lowest BCUT2D eigenvalue weighted by Gasteiger charge is -2.43. The monoisotopic (exact) mass is 366 g/mol. The van der Waals surface area contributed by atoms with E-state index in [0.29, 0.717) is 12.5 Å². The highest BCUT2D eigenvalue weighted by molar-refractivity contribution is 5.76. The molecule has 2 aromatic rings. The van der Waals surface area contributed by atoms with Crippen LogP contribution in [0.15, 0.2) is 42.7 Å². The summed E-state index contributed by atoms with van der Waals surface area (Å²) in [4.78, 5) is 21.7. The highest BCUT2D eigenvalue weighted by Gasteiger charge is 2.46. The molecule has 0 bridgehead atoms. The van der Waals surface area contributed by atoms with Crippen molar-refractivity contribution in [2.24, 2.45) is 0 Å². The van der Waals surface area contributed by atoms with Crippen molar-refractivity contribution in [3.8, 4) is 0 Å². The Hall–Kier alpha value is -2.14. The van der Waals surface area contributed by atoms with Crippen molar-refractivity contribution in [3.05, 3.63) is 54.1 Å². The number of piperidine rings is 1. The van der Waals surface area contributed by atoms with E-state index in [1.165, 1.54) is 12.0 Å². The first kappa shape index (κ1) is 18.2. The molecule has 0 unspecified atom stereocenters. The molecule has 144 valence electrons. The van der Waals surface area contributed by atoms with Gasteiger partial charge < -0.3 is 9.47 Å². The maximum Gasteiger partial charge on any atom is 0.242 e. The van der Waals surface area contributed by atoms with Crippen LogP contribution in [0.3, 0.4) is 0 Å². The third kappa shape index (κ3) is 3.53. The maximum atomic E-state index is 12.8. The topological polar surface area (TPSA) is 41.4 Å². The summed E-state index contributed by atoms with van der Waals surface area (Å²) in [5, 5.41) is 0. The molecule has 1 aromatic heterocycles. The summed E-state index contributed by atoms with van der Waals surface area (Å²) in [7, 11) is 2.26. The van der Waals surface area contributed by atoms with Crippen LogP contribution >= 0.6 is 0 Å². The number of aromatic nitrogens is 2. The molecular weight excluding hydrogens is 336 g/mol. The number of likely N-dealkylation sites (tertiary alicyclic amines) is 2. The Morgan fingerprint density at radius 2 is 1.96 bits per heavy atom.